The van der Waals surface area contributed by atoms with E-state index in [-0.39, 0.29) is 12.5 Å². The van der Waals surface area contributed by atoms with Crippen LogP contribution >= 0.6 is 0 Å². The number of imide groups is 1. The Morgan fingerprint density at radius 1 is 1.07 bits per heavy atom. The number of nitrogens with zero attached hydrogens (tertiary/aromatic N) is 4. The van der Waals surface area contributed by atoms with Crippen LogP contribution in [-0.4, -0.2) is 41.4 Å². The Morgan fingerprint density at radius 3 is 2.59 bits per heavy atom. The Morgan fingerprint density at radius 2 is 1.85 bits per heavy atom. The summed E-state index contributed by atoms with van der Waals surface area (Å²) >= 11 is 0. The van der Waals surface area contributed by atoms with Gasteiger partial charge in [-0.25, -0.2) is 4.90 Å². The summed E-state index contributed by atoms with van der Waals surface area (Å²) in [5.74, 6) is -1.19. The smallest absolute Gasteiger partial charge is 0.263 e. The summed E-state index contributed by atoms with van der Waals surface area (Å²) in [5, 5.41) is 11.8. The third-order valence-corrected chi connectivity index (χ3v) is 4.48. The standard InChI is InChI=1S/C19H17N5O3/c1-12-6-5-7-13(10-12)20-15(25)11-23-17-16(21-22-23)18(26)24(19(17)27)14-8-3-2-4-9-14/h2-10,16-17H,11H2,1H3,(H,20,25)/t16-,17-/m0/s1. The summed E-state index contributed by atoms with van der Waals surface area (Å²) in [6.45, 7) is 1.76. The van der Waals surface area contributed by atoms with Gasteiger partial charge in [-0.3, -0.25) is 19.4 Å². The van der Waals surface area contributed by atoms with Crippen molar-refractivity contribution in [2.45, 2.75) is 19.0 Å². The molecule has 0 bridgehead atoms. The summed E-state index contributed by atoms with van der Waals surface area (Å²) in [7, 11) is 0. The quantitative estimate of drug-likeness (QED) is 0.840. The van der Waals surface area contributed by atoms with Crippen LogP contribution in [0.4, 0.5) is 11.4 Å². The third kappa shape index (κ3) is 3.05. The molecule has 0 aromatic heterocycles. The second kappa shape index (κ2) is 6.64. The maximum Gasteiger partial charge on any atom is 0.263 e. The predicted molar refractivity (Wildman–Crippen MR) is 97.9 cm³/mol. The molecular formula is C19H17N5O3. The molecule has 0 spiro atoms. The normalized spacial score (nSPS) is 20.9. The number of benzene rings is 2. The molecule has 0 saturated carbocycles. The highest BCUT2D eigenvalue weighted by atomic mass is 16.2. The number of rotatable bonds is 4. The fourth-order valence-corrected chi connectivity index (χ4v) is 3.26. The van der Waals surface area contributed by atoms with E-state index in [2.05, 4.69) is 15.7 Å². The zero-order valence-corrected chi connectivity index (χ0v) is 14.6. The van der Waals surface area contributed by atoms with E-state index in [1.165, 1.54) is 5.01 Å². The van der Waals surface area contributed by atoms with E-state index >= 15 is 0 Å². The number of aryl methyl sites for hydroxylation is 1. The van der Waals surface area contributed by atoms with Gasteiger partial charge in [0, 0.05) is 5.69 Å². The largest absolute Gasteiger partial charge is 0.324 e. The van der Waals surface area contributed by atoms with E-state index in [1.807, 2.05) is 25.1 Å². The average Bonchev–Trinajstić information content (AvgIpc) is 3.16. The van der Waals surface area contributed by atoms with E-state index in [9.17, 15) is 14.4 Å². The number of anilines is 2. The van der Waals surface area contributed by atoms with Crippen LogP contribution < -0.4 is 10.2 Å². The Labute approximate surface area is 155 Å². The molecule has 2 heterocycles. The molecule has 1 fully saturated rings. The molecule has 2 aromatic carbocycles. The summed E-state index contributed by atoms with van der Waals surface area (Å²) < 4.78 is 0. The number of para-hydroxylation sites is 1. The van der Waals surface area contributed by atoms with Gasteiger partial charge in [0.1, 0.15) is 6.54 Å². The minimum atomic E-state index is -0.913. The van der Waals surface area contributed by atoms with Gasteiger partial charge in [0.25, 0.3) is 11.8 Å². The Bertz CT molecular complexity index is 943. The van der Waals surface area contributed by atoms with E-state index in [1.54, 1.807) is 36.4 Å². The third-order valence-electron chi connectivity index (χ3n) is 4.48. The zero-order valence-electron chi connectivity index (χ0n) is 14.6. The monoisotopic (exact) mass is 363 g/mol. The van der Waals surface area contributed by atoms with Gasteiger partial charge >= 0.3 is 0 Å². The highest BCUT2D eigenvalue weighted by molar-refractivity contribution is 6.25. The summed E-state index contributed by atoms with van der Waals surface area (Å²) in [4.78, 5) is 38.8. The molecular weight excluding hydrogens is 346 g/mol. The minimum Gasteiger partial charge on any atom is -0.324 e. The van der Waals surface area contributed by atoms with Crippen LogP contribution in [0.5, 0.6) is 0 Å². The van der Waals surface area contributed by atoms with Crippen LogP contribution in [-0.2, 0) is 14.4 Å². The first kappa shape index (κ1) is 16.9. The van der Waals surface area contributed by atoms with Gasteiger partial charge in [-0.15, -0.1) is 0 Å². The van der Waals surface area contributed by atoms with Gasteiger partial charge in [0.15, 0.2) is 12.1 Å². The van der Waals surface area contributed by atoms with Crippen molar-refractivity contribution in [1.82, 2.24) is 5.01 Å². The van der Waals surface area contributed by atoms with Gasteiger partial charge in [0.05, 0.1) is 5.69 Å². The first-order valence-electron chi connectivity index (χ1n) is 8.51. The summed E-state index contributed by atoms with van der Waals surface area (Å²) in [5.41, 5.74) is 2.16. The van der Waals surface area contributed by atoms with Crippen molar-refractivity contribution in [3.8, 4) is 0 Å². The number of carbonyl (C=O) groups is 3. The highest BCUT2D eigenvalue weighted by Gasteiger charge is 2.55. The second-order valence-electron chi connectivity index (χ2n) is 6.46. The number of amides is 3. The van der Waals surface area contributed by atoms with Crippen molar-refractivity contribution >= 4 is 29.1 Å². The Hall–Kier alpha value is -3.55. The Balaban J connectivity index is 1.48. The Kier molecular flexibility index (Phi) is 4.15. The highest BCUT2D eigenvalue weighted by Crippen LogP contribution is 2.31. The first-order valence-corrected chi connectivity index (χ1v) is 8.51. The van der Waals surface area contributed by atoms with E-state index in [4.69, 9.17) is 0 Å². The van der Waals surface area contributed by atoms with Crippen molar-refractivity contribution in [3.05, 3.63) is 60.2 Å². The van der Waals surface area contributed by atoms with Crippen molar-refractivity contribution in [1.29, 1.82) is 0 Å². The predicted octanol–water partition coefficient (Wildman–Crippen LogP) is 1.93. The van der Waals surface area contributed by atoms with Gasteiger partial charge in [-0.2, -0.15) is 5.11 Å². The van der Waals surface area contributed by atoms with Crippen LogP contribution in [0.15, 0.2) is 64.9 Å². The molecule has 2 aliphatic heterocycles. The topological polar surface area (TPSA) is 94.4 Å². The number of hydrogen-bond donors (Lipinski definition) is 1. The number of hydrogen-bond acceptors (Lipinski definition) is 6. The van der Waals surface area contributed by atoms with Crippen LogP contribution in [0.2, 0.25) is 0 Å². The molecule has 1 saturated heterocycles. The maximum absolute atomic E-state index is 12.8. The van der Waals surface area contributed by atoms with Crippen LogP contribution in [0, 0.1) is 6.92 Å². The molecule has 2 atom stereocenters. The molecule has 2 aromatic rings. The molecule has 8 heteroatoms. The molecule has 4 rings (SSSR count). The maximum atomic E-state index is 12.8. The first-order chi connectivity index (χ1) is 13.0. The van der Waals surface area contributed by atoms with Crippen LogP contribution in [0.1, 0.15) is 5.56 Å². The van der Waals surface area contributed by atoms with Gasteiger partial charge in [0.2, 0.25) is 5.91 Å². The average molecular weight is 363 g/mol. The zero-order chi connectivity index (χ0) is 19.0. The molecule has 1 N–H and O–H groups in total. The molecule has 27 heavy (non-hydrogen) atoms. The van der Waals surface area contributed by atoms with E-state index < -0.39 is 23.9 Å². The molecule has 8 nitrogen and oxygen atoms in total. The fourth-order valence-electron chi connectivity index (χ4n) is 3.26. The van der Waals surface area contributed by atoms with Crippen LogP contribution in [0.25, 0.3) is 0 Å². The summed E-state index contributed by atoms with van der Waals surface area (Å²) in [6.07, 6.45) is 0. The molecule has 3 amide bonds. The molecule has 0 radical (unpaired) electrons. The van der Waals surface area contributed by atoms with Gasteiger partial charge in [-0.05, 0) is 36.8 Å². The van der Waals surface area contributed by atoms with Crippen molar-refractivity contribution in [3.63, 3.8) is 0 Å². The number of nitrogens with one attached hydrogen (secondary N) is 1. The molecule has 2 aliphatic rings. The van der Waals surface area contributed by atoms with Crippen molar-refractivity contribution in [2.24, 2.45) is 10.3 Å². The lowest BCUT2D eigenvalue weighted by Gasteiger charge is -2.20. The van der Waals surface area contributed by atoms with E-state index in [0.29, 0.717) is 11.4 Å². The molecule has 0 unspecified atom stereocenters. The van der Waals surface area contributed by atoms with Gasteiger partial charge in [-0.1, -0.05) is 35.6 Å². The fraction of sp³-hybridized carbons (Fsp3) is 0.211. The van der Waals surface area contributed by atoms with Gasteiger partial charge < -0.3 is 5.32 Å². The van der Waals surface area contributed by atoms with E-state index in [0.717, 1.165) is 10.5 Å². The lowest BCUT2D eigenvalue weighted by molar-refractivity contribution is -0.123. The number of fused-ring (bicyclic) bond motifs is 1. The van der Waals surface area contributed by atoms with Crippen molar-refractivity contribution < 1.29 is 14.4 Å². The SMILES string of the molecule is Cc1cccc(NC(=O)CN2N=N[C@@H]3C(=O)N(c4ccccc4)C(=O)[C@H]32)c1. The molecule has 136 valence electrons. The number of carbonyl (C=O) groups excluding carboxylic acids is 3. The van der Waals surface area contributed by atoms with Crippen molar-refractivity contribution in [2.75, 3.05) is 16.8 Å². The van der Waals surface area contributed by atoms with Crippen LogP contribution in [0.3, 0.4) is 0 Å². The lowest BCUT2D eigenvalue weighted by Crippen LogP contribution is -2.43. The lowest BCUT2D eigenvalue weighted by atomic mass is 10.1. The molecule has 0 aliphatic carbocycles. The summed E-state index contributed by atoms with van der Waals surface area (Å²) in [6, 6.07) is 14.3. The second-order valence-corrected chi connectivity index (χ2v) is 6.46. The minimum absolute atomic E-state index is 0.166.